The van der Waals surface area contributed by atoms with E-state index in [4.69, 9.17) is 5.11 Å². The topological polar surface area (TPSA) is 20.2 Å². The first kappa shape index (κ1) is 9.70. The largest absolute Gasteiger partial charge is 0.396 e. The van der Waals surface area contributed by atoms with E-state index in [0.29, 0.717) is 6.61 Å². The molecular formula is C9H18O. The van der Waals surface area contributed by atoms with E-state index in [0.717, 1.165) is 12.8 Å². The lowest BCUT2D eigenvalue weighted by Gasteiger charge is -1.96. The number of rotatable bonds is 5. The molecule has 0 atom stereocenters. The summed E-state index contributed by atoms with van der Waals surface area (Å²) in [7, 11) is 0. The molecule has 0 aromatic heterocycles. The van der Waals surface area contributed by atoms with Crippen molar-refractivity contribution in [1.82, 2.24) is 0 Å². The van der Waals surface area contributed by atoms with Gasteiger partial charge in [0.05, 0.1) is 0 Å². The molecule has 1 heteroatoms. The third-order valence-electron chi connectivity index (χ3n) is 1.50. The van der Waals surface area contributed by atoms with E-state index in [1.807, 2.05) is 0 Å². The molecule has 10 heavy (non-hydrogen) atoms. The molecule has 0 aromatic carbocycles. The van der Waals surface area contributed by atoms with Crippen LogP contribution in [0, 0.1) is 0 Å². The van der Waals surface area contributed by atoms with Crippen LogP contribution in [0.3, 0.4) is 0 Å². The Morgan fingerprint density at radius 3 is 2.70 bits per heavy atom. The summed E-state index contributed by atoms with van der Waals surface area (Å²) < 4.78 is 0. The fourth-order valence-electron chi connectivity index (χ4n) is 0.936. The Morgan fingerprint density at radius 1 is 1.50 bits per heavy atom. The van der Waals surface area contributed by atoms with E-state index < -0.39 is 0 Å². The zero-order valence-electron chi connectivity index (χ0n) is 7.06. The first-order valence-electron chi connectivity index (χ1n) is 4.07. The number of aliphatic hydroxyl groups excluding tert-OH is 1. The minimum Gasteiger partial charge on any atom is -0.396 e. The van der Waals surface area contributed by atoms with Gasteiger partial charge in [-0.15, -0.1) is 0 Å². The van der Waals surface area contributed by atoms with Gasteiger partial charge in [0.15, 0.2) is 0 Å². The van der Waals surface area contributed by atoms with Gasteiger partial charge < -0.3 is 5.11 Å². The normalized spacial score (nSPS) is 12.1. The predicted molar refractivity (Wildman–Crippen MR) is 45.0 cm³/mol. The standard InChI is InChI=1S/C9H18O/c1-3-6-9(2)7-4-5-8-10/h7,10H,3-6,8H2,1-2H3. The summed E-state index contributed by atoms with van der Waals surface area (Å²) in [6.45, 7) is 4.65. The maximum atomic E-state index is 8.48. The van der Waals surface area contributed by atoms with Crippen molar-refractivity contribution in [1.29, 1.82) is 0 Å². The maximum Gasteiger partial charge on any atom is 0.0433 e. The van der Waals surface area contributed by atoms with Crippen molar-refractivity contribution in [2.75, 3.05) is 6.61 Å². The van der Waals surface area contributed by atoms with Gasteiger partial charge in [0.1, 0.15) is 0 Å². The first-order chi connectivity index (χ1) is 4.81. The van der Waals surface area contributed by atoms with Crippen LogP contribution in [-0.4, -0.2) is 11.7 Å². The van der Waals surface area contributed by atoms with Crippen LogP contribution in [0.5, 0.6) is 0 Å². The molecule has 0 aliphatic carbocycles. The van der Waals surface area contributed by atoms with Crippen LogP contribution in [0.1, 0.15) is 39.5 Å². The van der Waals surface area contributed by atoms with E-state index in [2.05, 4.69) is 19.9 Å². The molecule has 0 heterocycles. The van der Waals surface area contributed by atoms with Gasteiger partial charge in [0.25, 0.3) is 0 Å². The minimum absolute atomic E-state index is 0.315. The molecule has 0 aliphatic rings. The third-order valence-corrected chi connectivity index (χ3v) is 1.50. The van der Waals surface area contributed by atoms with Crippen LogP contribution < -0.4 is 0 Å². The van der Waals surface area contributed by atoms with Gasteiger partial charge in [-0.2, -0.15) is 0 Å². The highest BCUT2D eigenvalue weighted by atomic mass is 16.2. The van der Waals surface area contributed by atoms with Gasteiger partial charge >= 0.3 is 0 Å². The lowest BCUT2D eigenvalue weighted by Crippen LogP contribution is -1.81. The van der Waals surface area contributed by atoms with Crippen molar-refractivity contribution in [3.8, 4) is 0 Å². The fourth-order valence-corrected chi connectivity index (χ4v) is 0.936. The van der Waals surface area contributed by atoms with E-state index in [9.17, 15) is 0 Å². The van der Waals surface area contributed by atoms with Gasteiger partial charge in [0, 0.05) is 6.61 Å². The smallest absolute Gasteiger partial charge is 0.0433 e. The van der Waals surface area contributed by atoms with Crippen molar-refractivity contribution in [3.63, 3.8) is 0 Å². The number of hydrogen-bond donors (Lipinski definition) is 1. The SMILES string of the molecule is CCCC(C)=CCCCO. The number of hydrogen-bond acceptors (Lipinski definition) is 1. The lowest BCUT2D eigenvalue weighted by atomic mass is 10.1. The Morgan fingerprint density at radius 2 is 2.20 bits per heavy atom. The van der Waals surface area contributed by atoms with Crippen LogP contribution in [0.15, 0.2) is 11.6 Å². The molecule has 0 aromatic rings. The van der Waals surface area contributed by atoms with Crippen molar-refractivity contribution >= 4 is 0 Å². The van der Waals surface area contributed by atoms with Crippen LogP contribution in [0.2, 0.25) is 0 Å². The maximum absolute atomic E-state index is 8.48. The molecule has 1 nitrogen and oxygen atoms in total. The Bertz CT molecular complexity index is 94.9. The summed E-state index contributed by atoms with van der Waals surface area (Å²) in [5.41, 5.74) is 1.45. The monoisotopic (exact) mass is 142 g/mol. The molecule has 0 rings (SSSR count). The van der Waals surface area contributed by atoms with Crippen LogP contribution in [0.4, 0.5) is 0 Å². The van der Waals surface area contributed by atoms with Gasteiger partial charge in [-0.3, -0.25) is 0 Å². The number of aliphatic hydroxyl groups is 1. The molecule has 0 bridgehead atoms. The summed E-state index contributed by atoms with van der Waals surface area (Å²) >= 11 is 0. The second kappa shape index (κ2) is 6.81. The zero-order chi connectivity index (χ0) is 7.82. The summed E-state index contributed by atoms with van der Waals surface area (Å²) in [5, 5.41) is 8.48. The molecular weight excluding hydrogens is 124 g/mol. The Kier molecular flexibility index (Phi) is 6.61. The number of allylic oxidation sites excluding steroid dienone is 2. The van der Waals surface area contributed by atoms with Crippen molar-refractivity contribution in [2.24, 2.45) is 0 Å². The van der Waals surface area contributed by atoms with Crippen molar-refractivity contribution in [2.45, 2.75) is 39.5 Å². The highest BCUT2D eigenvalue weighted by molar-refractivity contribution is 4.96. The van der Waals surface area contributed by atoms with Gasteiger partial charge in [-0.25, -0.2) is 0 Å². The Balaban J connectivity index is 3.28. The van der Waals surface area contributed by atoms with Crippen molar-refractivity contribution in [3.05, 3.63) is 11.6 Å². The molecule has 0 saturated heterocycles. The molecule has 0 saturated carbocycles. The van der Waals surface area contributed by atoms with Crippen LogP contribution in [-0.2, 0) is 0 Å². The lowest BCUT2D eigenvalue weighted by molar-refractivity contribution is 0.289. The molecule has 0 fully saturated rings. The highest BCUT2D eigenvalue weighted by Crippen LogP contribution is 2.04. The molecule has 0 aliphatic heterocycles. The fraction of sp³-hybridized carbons (Fsp3) is 0.778. The molecule has 0 amide bonds. The molecule has 0 unspecified atom stereocenters. The third kappa shape index (κ3) is 5.83. The van der Waals surface area contributed by atoms with Gasteiger partial charge in [-0.1, -0.05) is 25.0 Å². The second-order valence-electron chi connectivity index (χ2n) is 2.67. The molecule has 60 valence electrons. The molecule has 1 N–H and O–H groups in total. The molecule has 0 spiro atoms. The van der Waals surface area contributed by atoms with E-state index >= 15 is 0 Å². The van der Waals surface area contributed by atoms with Crippen LogP contribution in [0.25, 0.3) is 0 Å². The second-order valence-corrected chi connectivity index (χ2v) is 2.67. The average Bonchev–Trinajstić information content (AvgIpc) is 1.89. The molecule has 0 radical (unpaired) electrons. The summed E-state index contributed by atoms with van der Waals surface area (Å²) in [4.78, 5) is 0. The van der Waals surface area contributed by atoms with Gasteiger partial charge in [0.2, 0.25) is 0 Å². The van der Waals surface area contributed by atoms with Crippen LogP contribution >= 0.6 is 0 Å². The predicted octanol–water partition coefficient (Wildman–Crippen LogP) is 2.51. The van der Waals surface area contributed by atoms with Crippen molar-refractivity contribution < 1.29 is 5.11 Å². The highest BCUT2D eigenvalue weighted by Gasteiger charge is 1.85. The average molecular weight is 142 g/mol. The summed E-state index contributed by atoms with van der Waals surface area (Å²) in [5.74, 6) is 0. The zero-order valence-corrected chi connectivity index (χ0v) is 7.06. The van der Waals surface area contributed by atoms with E-state index in [1.54, 1.807) is 0 Å². The van der Waals surface area contributed by atoms with E-state index in [-0.39, 0.29) is 0 Å². The minimum atomic E-state index is 0.315. The first-order valence-corrected chi connectivity index (χ1v) is 4.07. The summed E-state index contributed by atoms with van der Waals surface area (Å²) in [6.07, 6.45) is 6.58. The Labute approximate surface area is 63.8 Å². The summed E-state index contributed by atoms with van der Waals surface area (Å²) in [6, 6.07) is 0. The quantitative estimate of drug-likeness (QED) is 0.462. The Hall–Kier alpha value is -0.300. The van der Waals surface area contributed by atoms with E-state index in [1.165, 1.54) is 18.4 Å². The number of unbranched alkanes of at least 4 members (excludes halogenated alkanes) is 1. The van der Waals surface area contributed by atoms with Gasteiger partial charge in [-0.05, 0) is 26.2 Å².